The molecule has 1 saturated heterocycles. The first-order valence-corrected chi connectivity index (χ1v) is 8.38. The van der Waals surface area contributed by atoms with Gasteiger partial charge in [0, 0.05) is 13.0 Å². The van der Waals surface area contributed by atoms with E-state index in [1.54, 1.807) is 0 Å². The maximum Gasteiger partial charge on any atom is 0.315 e. The van der Waals surface area contributed by atoms with Crippen LogP contribution in [0.5, 0.6) is 11.5 Å². The summed E-state index contributed by atoms with van der Waals surface area (Å²) in [6, 6.07) is 4.63. The number of hydrogen-bond donors (Lipinski definition) is 3. The molecule has 0 saturated carbocycles. The number of fused-ring (bicyclic) bond motifs is 1. The molecule has 0 aliphatic carbocycles. The molecule has 1 fully saturated rings. The predicted octanol–water partition coefficient (Wildman–Crippen LogP) is 1.49. The molecule has 0 aromatic heterocycles. The van der Waals surface area contributed by atoms with Crippen LogP contribution < -0.4 is 25.4 Å². The van der Waals surface area contributed by atoms with Gasteiger partial charge >= 0.3 is 6.03 Å². The van der Waals surface area contributed by atoms with Gasteiger partial charge in [0.15, 0.2) is 11.5 Å². The van der Waals surface area contributed by atoms with Gasteiger partial charge in [0.2, 0.25) is 5.91 Å². The third kappa shape index (κ3) is 3.90. The first-order chi connectivity index (χ1) is 11.6. The van der Waals surface area contributed by atoms with Crippen molar-refractivity contribution in [1.82, 2.24) is 16.0 Å². The Morgan fingerprint density at radius 1 is 1.25 bits per heavy atom. The highest BCUT2D eigenvalue weighted by atomic mass is 16.5. The van der Waals surface area contributed by atoms with Gasteiger partial charge < -0.3 is 25.4 Å². The van der Waals surface area contributed by atoms with Crippen molar-refractivity contribution >= 4 is 11.9 Å². The molecule has 3 amide bonds. The molecule has 3 N–H and O–H groups in total. The maximum absolute atomic E-state index is 12.1. The molecule has 2 heterocycles. The SMILES string of the molecule is CC(NC(=O)NC1CCCNC1=O)c1ccc2c(c1)OCCCO2. The lowest BCUT2D eigenvalue weighted by Gasteiger charge is -2.24. The van der Waals surface area contributed by atoms with E-state index in [9.17, 15) is 9.59 Å². The molecule has 0 spiro atoms. The third-order valence-corrected chi connectivity index (χ3v) is 4.21. The fourth-order valence-electron chi connectivity index (χ4n) is 2.84. The second-order valence-corrected chi connectivity index (χ2v) is 6.08. The summed E-state index contributed by atoms with van der Waals surface area (Å²) in [5.74, 6) is 1.30. The van der Waals surface area contributed by atoms with Crippen LogP contribution in [0.3, 0.4) is 0 Å². The van der Waals surface area contributed by atoms with Crippen LogP contribution in [0, 0.1) is 0 Å². The Morgan fingerprint density at radius 3 is 2.83 bits per heavy atom. The lowest BCUT2D eigenvalue weighted by molar-refractivity contribution is -0.124. The van der Waals surface area contributed by atoms with Crippen molar-refractivity contribution in [3.63, 3.8) is 0 Å². The highest BCUT2D eigenvalue weighted by molar-refractivity contribution is 5.87. The van der Waals surface area contributed by atoms with Crippen LogP contribution in [-0.4, -0.2) is 37.7 Å². The third-order valence-electron chi connectivity index (χ3n) is 4.21. The van der Waals surface area contributed by atoms with Crippen LogP contribution in [0.1, 0.15) is 37.8 Å². The zero-order valence-electron chi connectivity index (χ0n) is 13.8. The zero-order valence-corrected chi connectivity index (χ0v) is 13.8. The Labute approximate surface area is 141 Å². The number of piperidine rings is 1. The molecule has 1 aromatic rings. The molecule has 2 aliphatic rings. The number of hydrogen-bond acceptors (Lipinski definition) is 4. The molecule has 0 radical (unpaired) electrons. The number of rotatable bonds is 3. The molecule has 24 heavy (non-hydrogen) atoms. The van der Waals surface area contributed by atoms with Gasteiger partial charge in [-0.3, -0.25) is 4.79 Å². The molecule has 130 valence electrons. The lowest BCUT2D eigenvalue weighted by Crippen LogP contribution is -2.52. The molecule has 0 bridgehead atoms. The van der Waals surface area contributed by atoms with Gasteiger partial charge in [-0.15, -0.1) is 0 Å². The average Bonchev–Trinajstić information content (AvgIpc) is 2.81. The van der Waals surface area contributed by atoms with Crippen LogP contribution in [0.4, 0.5) is 4.79 Å². The Morgan fingerprint density at radius 2 is 2.04 bits per heavy atom. The quantitative estimate of drug-likeness (QED) is 0.782. The fourth-order valence-corrected chi connectivity index (χ4v) is 2.84. The molecule has 1 aromatic carbocycles. The van der Waals surface area contributed by atoms with E-state index in [1.165, 1.54) is 0 Å². The van der Waals surface area contributed by atoms with Crippen molar-refractivity contribution < 1.29 is 19.1 Å². The number of carbonyl (C=O) groups excluding carboxylic acids is 2. The second kappa shape index (κ2) is 7.42. The summed E-state index contributed by atoms with van der Waals surface area (Å²) >= 11 is 0. The van der Waals surface area contributed by atoms with E-state index in [0.29, 0.717) is 31.9 Å². The standard InChI is InChI=1S/C17H23N3O4/c1-11(19-17(22)20-13-4-2-7-18-16(13)21)12-5-6-14-15(10-12)24-9-3-8-23-14/h5-6,10-11,13H,2-4,7-9H2,1H3,(H,18,21)(H2,19,20,22). The summed E-state index contributed by atoms with van der Waals surface area (Å²) in [5, 5.41) is 8.33. The Balaban J connectivity index is 1.60. The van der Waals surface area contributed by atoms with Crippen LogP contribution in [0.15, 0.2) is 18.2 Å². The van der Waals surface area contributed by atoms with E-state index < -0.39 is 6.04 Å². The summed E-state index contributed by atoms with van der Waals surface area (Å²) in [4.78, 5) is 23.8. The van der Waals surface area contributed by atoms with Crippen LogP contribution in [0.2, 0.25) is 0 Å². The van der Waals surface area contributed by atoms with Gasteiger partial charge in [-0.1, -0.05) is 6.07 Å². The summed E-state index contributed by atoms with van der Waals surface area (Å²) in [5.41, 5.74) is 0.919. The number of nitrogens with one attached hydrogen (secondary N) is 3. The monoisotopic (exact) mass is 333 g/mol. The van der Waals surface area contributed by atoms with E-state index >= 15 is 0 Å². The van der Waals surface area contributed by atoms with E-state index in [1.807, 2.05) is 25.1 Å². The number of ether oxygens (including phenoxy) is 2. The number of benzene rings is 1. The first kappa shape index (κ1) is 16.4. The predicted molar refractivity (Wildman–Crippen MR) is 88.2 cm³/mol. The molecular formula is C17H23N3O4. The average molecular weight is 333 g/mol. The van der Waals surface area contributed by atoms with Crippen LogP contribution >= 0.6 is 0 Å². The van der Waals surface area contributed by atoms with Crippen LogP contribution in [-0.2, 0) is 4.79 Å². The van der Waals surface area contributed by atoms with E-state index in [2.05, 4.69) is 16.0 Å². The second-order valence-electron chi connectivity index (χ2n) is 6.08. The molecule has 3 rings (SSSR count). The minimum absolute atomic E-state index is 0.125. The van der Waals surface area contributed by atoms with Gasteiger partial charge in [0.1, 0.15) is 6.04 Å². The van der Waals surface area contributed by atoms with Crippen molar-refractivity contribution in [2.24, 2.45) is 0 Å². The first-order valence-electron chi connectivity index (χ1n) is 8.38. The largest absolute Gasteiger partial charge is 0.490 e. The van der Waals surface area contributed by atoms with Crippen molar-refractivity contribution in [2.75, 3.05) is 19.8 Å². The molecular weight excluding hydrogens is 310 g/mol. The van der Waals surface area contributed by atoms with Crippen LogP contribution in [0.25, 0.3) is 0 Å². The van der Waals surface area contributed by atoms with Crippen molar-refractivity contribution in [3.05, 3.63) is 23.8 Å². The zero-order chi connectivity index (χ0) is 16.9. The topological polar surface area (TPSA) is 88.7 Å². The highest BCUT2D eigenvalue weighted by Gasteiger charge is 2.24. The Bertz CT molecular complexity index is 620. The molecule has 7 nitrogen and oxygen atoms in total. The van der Waals surface area contributed by atoms with E-state index in [-0.39, 0.29) is 18.0 Å². The maximum atomic E-state index is 12.1. The van der Waals surface area contributed by atoms with E-state index in [0.717, 1.165) is 24.2 Å². The summed E-state index contributed by atoms with van der Waals surface area (Å²) in [6.45, 7) is 3.83. The van der Waals surface area contributed by atoms with Crippen molar-refractivity contribution in [2.45, 2.75) is 38.3 Å². The van der Waals surface area contributed by atoms with Crippen molar-refractivity contribution in [3.8, 4) is 11.5 Å². The molecule has 2 atom stereocenters. The highest BCUT2D eigenvalue weighted by Crippen LogP contribution is 2.32. The normalized spacial score (nSPS) is 21.2. The minimum atomic E-state index is -0.463. The lowest BCUT2D eigenvalue weighted by atomic mass is 10.1. The minimum Gasteiger partial charge on any atom is -0.490 e. The van der Waals surface area contributed by atoms with Gasteiger partial charge in [0.25, 0.3) is 0 Å². The smallest absolute Gasteiger partial charge is 0.315 e. The van der Waals surface area contributed by atoms with Crippen molar-refractivity contribution in [1.29, 1.82) is 0 Å². The fraction of sp³-hybridized carbons (Fsp3) is 0.529. The summed E-state index contributed by atoms with van der Waals surface area (Å²) in [7, 11) is 0. The molecule has 7 heteroatoms. The van der Waals surface area contributed by atoms with Gasteiger partial charge in [-0.2, -0.15) is 0 Å². The van der Waals surface area contributed by atoms with Gasteiger partial charge in [0.05, 0.1) is 19.3 Å². The Hall–Kier alpha value is -2.44. The number of amides is 3. The van der Waals surface area contributed by atoms with Gasteiger partial charge in [-0.25, -0.2) is 4.79 Å². The summed E-state index contributed by atoms with van der Waals surface area (Å²) < 4.78 is 11.3. The Kier molecular flexibility index (Phi) is 5.08. The number of carbonyl (C=O) groups is 2. The molecule has 2 unspecified atom stereocenters. The molecule has 2 aliphatic heterocycles. The number of urea groups is 1. The summed E-state index contributed by atoms with van der Waals surface area (Å²) in [6.07, 6.45) is 2.38. The van der Waals surface area contributed by atoms with Gasteiger partial charge in [-0.05, 0) is 37.5 Å². The van der Waals surface area contributed by atoms with E-state index in [4.69, 9.17) is 9.47 Å².